The molecule has 1 aliphatic heterocycles. The van der Waals surface area contributed by atoms with Crippen LogP contribution in [0.2, 0.25) is 0 Å². The van der Waals surface area contributed by atoms with Gasteiger partial charge in [0.2, 0.25) is 10.0 Å². The van der Waals surface area contributed by atoms with Gasteiger partial charge in [0.1, 0.15) is 0 Å². The van der Waals surface area contributed by atoms with Gasteiger partial charge in [0, 0.05) is 19.3 Å². The molecule has 0 unspecified atom stereocenters. The largest absolute Gasteiger partial charge is 0.256 e. The van der Waals surface area contributed by atoms with E-state index in [1.165, 1.54) is 10.8 Å². The normalized spacial score (nSPS) is 16.1. The Morgan fingerprint density at radius 1 is 0.815 bits per heavy atom. The van der Waals surface area contributed by atoms with Crippen LogP contribution < -0.4 is 0 Å². The standard InChI is InChI=1S/C22H22N2O2S/c25-27(26,24-14-4-1-5-15-24)22-12-10-21(11-13-22)23-17-18-8-9-19-6-2-3-7-20(19)16-18/h2-3,6-13,16-17H,1,4-5,14-15H2. The van der Waals surface area contributed by atoms with Gasteiger partial charge in [-0.3, -0.25) is 4.99 Å². The van der Waals surface area contributed by atoms with Gasteiger partial charge >= 0.3 is 0 Å². The highest BCUT2D eigenvalue weighted by molar-refractivity contribution is 7.89. The van der Waals surface area contributed by atoms with Crippen LogP contribution in [0, 0.1) is 0 Å². The molecule has 0 N–H and O–H groups in total. The molecule has 0 bridgehead atoms. The second-order valence-electron chi connectivity index (χ2n) is 6.82. The zero-order valence-corrected chi connectivity index (χ0v) is 15.9. The molecule has 1 fully saturated rings. The number of fused-ring (bicyclic) bond motifs is 1. The summed E-state index contributed by atoms with van der Waals surface area (Å²) in [5.41, 5.74) is 1.75. The fraction of sp³-hybridized carbons (Fsp3) is 0.227. The Labute approximate surface area is 160 Å². The van der Waals surface area contributed by atoms with Crippen molar-refractivity contribution in [1.82, 2.24) is 4.31 Å². The van der Waals surface area contributed by atoms with E-state index in [9.17, 15) is 8.42 Å². The Morgan fingerprint density at radius 2 is 1.52 bits per heavy atom. The van der Waals surface area contributed by atoms with Crippen molar-refractivity contribution in [2.75, 3.05) is 13.1 Å². The maximum absolute atomic E-state index is 12.7. The number of rotatable bonds is 4. The second-order valence-corrected chi connectivity index (χ2v) is 8.76. The van der Waals surface area contributed by atoms with Crippen molar-refractivity contribution < 1.29 is 8.42 Å². The molecule has 0 radical (unpaired) electrons. The SMILES string of the molecule is O=S(=O)(c1ccc(N=Cc2ccc3ccccc3c2)cc1)N1CCCCC1. The molecule has 3 aromatic carbocycles. The van der Waals surface area contributed by atoms with E-state index in [1.54, 1.807) is 34.8 Å². The predicted molar refractivity (Wildman–Crippen MR) is 110 cm³/mol. The summed E-state index contributed by atoms with van der Waals surface area (Å²) in [6.45, 7) is 1.23. The molecule has 1 saturated heterocycles. The number of hydrogen-bond donors (Lipinski definition) is 0. The number of nitrogens with zero attached hydrogens (tertiary/aromatic N) is 2. The Morgan fingerprint density at radius 3 is 2.26 bits per heavy atom. The summed E-state index contributed by atoms with van der Waals surface area (Å²) in [6.07, 6.45) is 4.79. The number of sulfonamides is 1. The maximum atomic E-state index is 12.7. The molecule has 4 rings (SSSR count). The van der Waals surface area contributed by atoms with E-state index in [1.807, 2.05) is 18.2 Å². The van der Waals surface area contributed by atoms with Gasteiger partial charge in [0.05, 0.1) is 10.6 Å². The Kier molecular flexibility index (Phi) is 5.05. The lowest BCUT2D eigenvalue weighted by Crippen LogP contribution is -2.35. The van der Waals surface area contributed by atoms with Crippen LogP contribution in [0.5, 0.6) is 0 Å². The van der Waals surface area contributed by atoms with E-state index in [0.717, 1.165) is 30.5 Å². The van der Waals surface area contributed by atoms with Crippen molar-refractivity contribution in [2.24, 2.45) is 4.99 Å². The molecular formula is C22H22N2O2S. The molecule has 4 nitrogen and oxygen atoms in total. The molecule has 3 aromatic rings. The lowest BCUT2D eigenvalue weighted by molar-refractivity contribution is 0.346. The Bertz CT molecular complexity index is 1070. The molecule has 0 saturated carbocycles. The van der Waals surface area contributed by atoms with Gasteiger partial charge in [0.25, 0.3) is 0 Å². The van der Waals surface area contributed by atoms with Gasteiger partial charge in [-0.05, 0) is 59.5 Å². The first-order valence-electron chi connectivity index (χ1n) is 9.26. The lowest BCUT2D eigenvalue weighted by Gasteiger charge is -2.25. The van der Waals surface area contributed by atoms with Gasteiger partial charge in [-0.1, -0.05) is 42.8 Å². The van der Waals surface area contributed by atoms with Crippen LogP contribution in [0.15, 0.2) is 76.6 Å². The molecule has 27 heavy (non-hydrogen) atoms. The first-order chi connectivity index (χ1) is 13.1. The van der Waals surface area contributed by atoms with Gasteiger partial charge in [-0.15, -0.1) is 0 Å². The van der Waals surface area contributed by atoms with E-state index in [-0.39, 0.29) is 0 Å². The van der Waals surface area contributed by atoms with Crippen molar-refractivity contribution >= 4 is 32.7 Å². The zero-order valence-electron chi connectivity index (χ0n) is 15.1. The van der Waals surface area contributed by atoms with Crippen molar-refractivity contribution in [2.45, 2.75) is 24.2 Å². The first kappa shape index (κ1) is 17.9. The summed E-state index contributed by atoms with van der Waals surface area (Å²) in [5.74, 6) is 0. The van der Waals surface area contributed by atoms with Gasteiger partial charge < -0.3 is 0 Å². The van der Waals surface area contributed by atoms with E-state index >= 15 is 0 Å². The third kappa shape index (κ3) is 3.94. The van der Waals surface area contributed by atoms with Gasteiger partial charge in [0.15, 0.2) is 0 Å². The minimum atomic E-state index is -3.39. The van der Waals surface area contributed by atoms with Crippen LogP contribution in [0.1, 0.15) is 24.8 Å². The molecule has 0 spiro atoms. The van der Waals surface area contributed by atoms with Crippen LogP contribution in [-0.4, -0.2) is 32.0 Å². The minimum Gasteiger partial charge on any atom is -0.256 e. The highest BCUT2D eigenvalue weighted by atomic mass is 32.2. The monoisotopic (exact) mass is 378 g/mol. The summed E-state index contributed by atoms with van der Waals surface area (Å²) >= 11 is 0. The minimum absolute atomic E-state index is 0.342. The summed E-state index contributed by atoms with van der Waals surface area (Å²) < 4.78 is 27.0. The first-order valence-corrected chi connectivity index (χ1v) is 10.7. The predicted octanol–water partition coefficient (Wildman–Crippen LogP) is 4.77. The number of piperidine rings is 1. The van der Waals surface area contributed by atoms with E-state index in [2.05, 4.69) is 29.3 Å². The highest BCUT2D eigenvalue weighted by Crippen LogP contribution is 2.23. The summed E-state index contributed by atoms with van der Waals surface area (Å²) in [5, 5.41) is 2.37. The van der Waals surface area contributed by atoms with E-state index < -0.39 is 10.0 Å². The number of benzene rings is 3. The molecular weight excluding hydrogens is 356 g/mol. The molecule has 0 aromatic heterocycles. The van der Waals surface area contributed by atoms with Crippen molar-refractivity contribution in [3.8, 4) is 0 Å². The molecule has 0 atom stereocenters. The van der Waals surface area contributed by atoms with Crippen LogP contribution in [0.4, 0.5) is 5.69 Å². The third-order valence-corrected chi connectivity index (χ3v) is 6.84. The molecule has 0 amide bonds. The number of hydrogen-bond acceptors (Lipinski definition) is 3. The van der Waals surface area contributed by atoms with Crippen molar-refractivity contribution in [3.63, 3.8) is 0 Å². The molecule has 5 heteroatoms. The quantitative estimate of drug-likeness (QED) is 0.614. The third-order valence-electron chi connectivity index (χ3n) is 4.93. The van der Waals surface area contributed by atoms with Crippen LogP contribution in [0.3, 0.4) is 0 Å². The molecule has 138 valence electrons. The fourth-order valence-corrected chi connectivity index (χ4v) is 4.91. The zero-order chi connectivity index (χ0) is 18.7. The molecule has 0 aliphatic carbocycles. The van der Waals surface area contributed by atoms with Gasteiger partial charge in [-0.2, -0.15) is 4.31 Å². The highest BCUT2D eigenvalue weighted by Gasteiger charge is 2.25. The van der Waals surface area contributed by atoms with E-state index in [4.69, 9.17) is 0 Å². The molecule has 1 aliphatic rings. The van der Waals surface area contributed by atoms with Crippen LogP contribution in [-0.2, 0) is 10.0 Å². The maximum Gasteiger partial charge on any atom is 0.243 e. The lowest BCUT2D eigenvalue weighted by atomic mass is 10.1. The van der Waals surface area contributed by atoms with Crippen LogP contribution >= 0.6 is 0 Å². The fourth-order valence-electron chi connectivity index (χ4n) is 3.40. The van der Waals surface area contributed by atoms with E-state index in [0.29, 0.717) is 18.0 Å². The van der Waals surface area contributed by atoms with Gasteiger partial charge in [-0.25, -0.2) is 8.42 Å². The summed E-state index contributed by atoms with van der Waals surface area (Å²) in [7, 11) is -3.39. The molecule has 1 heterocycles. The topological polar surface area (TPSA) is 49.7 Å². The van der Waals surface area contributed by atoms with Crippen molar-refractivity contribution in [1.29, 1.82) is 0 Å². The Hall–Kier alpha value is -2.50. The Balaban J connectivity index is 1.52. The summed E-state index contributed by atoms with van der Waals surface area (Å²) in [6, 6.07) is 21.2. The average Bonchev–Trinajstić information content (AvgIpc) is 2.73. The van der Waals surface area contributed by atoms with Crippen molar-refractivity contribution in [3.05, 3.63) is 72.3 Å². The summed E-state index contributed by atoms with van der Waals surface area (Å²) in [4.78, 5) is 4.83. The van der Waals surface area contributed by atoms with Crippen LogP contribution in [0.25, 0.3) is 10.8 Å². The number of aliphatic imine (C=N–C) groups is 1. The average molecular weight is 378 g/mol. The second kappa shape index (κ2) is 7.62. The smallest absolute Gasteiger partial charge is 0.243 e.